The quantitative estimate of drug-likeness (QED) is 0.165. The van der Waals surface area contributed by atoms with Crippen LogP contribution in [0.1, 0.15) is 0 Å². The largest absolute Gasteiger partial charge is 0.265 e. The Labute approximate surface area is 318 Å². The van der Waals surface area contributed by atoms with Crippen molar-refractivity contribution in [1.82, 2.24) is 29.7 Å². The fraction of sp³-hybridized carbons (Fsp3) is 0. The third-order valence-corrected chi connectivity index (χ3v) is 9.96. The Morgan fingerprint density at radius 1 is 0.364 bits per heavy atom. The summed E-state index contributed by atoms with van der Waals surface area (Å²) < 4.78 is 2.02. The lowest BCUT2D eigenvalue weighted by Crippen LogP contribution is -2.00. The average molecular weight is 705 g/mol. The summed E-state index contributed by atoms with van der Waals surface area (Å²) in [5.41, 5.74) is 11.2. The van der Waals surface area contributed by atoms with Crippen molar-refractivity contribution in [3.63, 3.8) is 0 Å². The number of nitrogens with zero attached hydrogens (tertiary/aromatic N) is 6. The Hall–Kier alpha value is -7.57. The van der Waals surface area contributed by atoms with Crippen LogP contribution in [0.25, 0.3) is 95.0 Å². The van der Waals surface area contributed by atoms with Crippen LogP contribution in [0.2, 0.25) is 0 Å². The van der Waals surface area contributed by atoms with Gasteiger partial charge in [-0.3, -0.25) is 4.98 Å². The number of hydrogen-bond donors (Lipinski definition) is 0. The van der Waals surface area contributed by atoms with E-state index in [1.807, 2.05) is 77.5 Å². The first-order valence-electron chi connectivity index (χ1n) is 18.2. The summed E-state index contributed by atoms with van der Waals surface area (Å²) in [6, 6.07) is 62.8. The third-order valence-electron chi connectivity index (χ3n) is 9.96. The van der Waals surface area contributed by atoms with Gasteiger partial charge in [0, 0.05) is 40.0 Å². The summed E-state index contributed by atoms with van der Waals surface area (Å²) in [7, 11) is 0. The average Bonchev–Trinajstić information content (AvgIpc) is 3.68. The van der Waals surface area contributed by atoms with Crippen LogP contribution in [-0.4, -0.2) is 29.7 Å². The highest BCUT2D eigenvalue weighted by Gasteiger charge is 2.18. The van der Waals surface area contributed by atoms with Gasteiger partial charge in [0.25, 0.3) is 0 Å². The molecule has 3 aromatic heterocycles. The van der Waals surface area contributed by atoms with Gasteiger partial charge in [0.15, 0.2) is 17.5 Å². The molecule has 0 atom stereocenters. The van der Waals surface area contributed by atoms with E-state index in [4.69, 9.17) is 20.1 Å². The molecule has 0 aliphatic rings. The molecule has 0 unspecified atom stereocenters. The first kappa shape index (κ1) is 32.1. The molecular weight excluding hydrogens is 673 g/mol. The van der Waals surface area contributed by atoms with Crippen LogP contribution in [0.5, 0.6) is 0 Å². The molecule has 0 bridgehead atoms. The molecule has 0 amide bonds. The molecule has 258 valence electrons. The molecule has 7 aromatic carbocycles. The fourth-order valence-electron chi connectivity index (χ4n) is 7.27. The lowest BCUT2D eigenvalue weighted by molar-refractivity contribution is 0.911. The van der Waals surface area contributed by atoms with E-state index in [0.29, 0.717) is 17.5 Å². The Morgan fingerprint density at radius 2 is 0.836 bits per heavy atom. The van der Waals surface area contributed by atoms with Crippen LogP contribution >= 0.6 is 0 Å². The van der Waals surface area contributed by atoms with E-state index in [2.05, 4.69) is 114 Å². The zero-order valence-corrected chi connectivity index (χ0v) is 29.7. The lowest BCUT2D eigenvalue weighted by atomic mass is 9.95. The van der Waals surface area contributed by atoms with E-state index in [1.54, 1.807) is 12.4 Å². The molecule has 10 rings (SSSR count). The Bertz CT molecular complexity index is 2920. The maximum atomic E-state index is 5.24. The topological polar surface area (TPSA) is 69.4 Å². The summed E-state index contributed by atoms with van der Waals surface area (Å²) in [4.78, 5) is 19.0. The SMILES string of the molecule is c1ccc(-c2nc(-c3ccccc3)nc(-c3cccc(-c4cccc(-c5cccc(-c6nn(-c7ccncc7)c7ccc8ccccc8c67)c5)c4)c3)n2)cc1. The number of aromatic nitrogens is 6. The van der Waals surface area contributed by atoms with Crippen molar-refractivity contribution in [3.8, 4) is 73.4 Å². The van der Waals surface area contributed by atoms with Crippen LogP contribution in [-0.2, 0) is 0 Å². The van der Waals surface area contributed by atoms with Gasteiger partial charge in [-0.05, 0) is 69.4 Å². The first-order chi connectivity index (χ1) is 27.2. The second kappa shape index (κ2) is 13.8. The second-order valence-electron chi connectivity index (χ2n) is 13.4. The van der Waals surface area contributed by atoms with Gasteiger partial charge in [-0.2, -0.15) is 5.10 Å². The zero-order valence-electron chi connectivity index (χ0n) is 29.7. The van der Waals surface area contributed by atoms with Crippen molar-refractivity contribution in [3.05, 3.63) is 194 Å². The number of fused-ring (bicyclic) bond motifs is 3. The van der Waals surface area contributed by atoms with E-state index >= 15 is 0 Å². The van der Waals surface area contributed by atoms with Gasteiger partial charge < -0.3 is 0 Å². The van der Waals surface area contributed by atoms with E-state index < -0.39 is 0 Å². The molecular formula is C49H32N6. The third kappa shape index (κ3) is 6.11. The minimum absolute atomic E-state index is 0.629. The standard InChI is InChI=1S/C49H32N6/c1-3-13-34(14-4-1)47-51-48(35-15-5-2-6-16-35)53-49(52-47)41-22-11-20-39(32-41)37-18-9-17-36(30-37)38-19-10-21-40(31-38)46-45-43-23-8-7-12-33(43)24-25-44(45)55(54-46)42-26-28-50-29-27-42/h1-32H. The fourth-order valence-corrected chi connectivity index (χ4v) is 7.27. The lowest BCUT2D eigenvalue weighted by Gasteiger charge is -2.11. The molecule has 0 saturated carbocycles. The summed E-state index contributed by atoms with van der Waals surface area (Å²) in [6.45, 7) is 0. The molecule has 0 N–H and O–H groups in total. The van der Waals surface area contributed by atoms with Crippen molar-refractivity contribution in [1.29, 1.82) is 0 Å². The molecule has 0 aliphatic heterocycles. The molecule has 10 aromatic rings. The summed E-state index contributed by atoms with van der Waals surface area (Å²) >= 11 is 0. The van der Waals surface area contributed by atoms with Gasteiger partial charge in [0.2, 0.25) is 0 Å². The molecule has 0 fully saturated rings. The minimum atomic E-state index is 0.629. The minimum Gasteiger partial charge on any atom is -0.265 e. The molecule has 55 heavy (non-hydrogen) atoms. The highest BCUT2D eigenvalue weighted by molar-refractivity contribution is 6.13. The van der Waals surface area contributed by atoms with E-state index in [-0.39, 0.29) is 0 Å². The number of hydrogen-bond acceptors (Lipinski definition) is 5. The van der Waals surface area contributed by atoms with Crippen LogP contribution in [0, 0.1) is 0 Å². The molecule has 0 saturated heterocycles. The highest BCUT2D eigenvalue weighted by Crippen LogP contribution is 2.37. The number of rotatable bonds is 7. The van der Waals surface area contributed by atoms with Gasteiger partial charge >= 0.3 is 0 Å². The van der Waals surface area contributed by atoms with E-state index in [0.717, 1.165) is 66.8 Å². The monoisotopic (exact) mass is 704 g/mol. The zero-order chi connectivity index (χ0) is 36.6. The van der Waals surface area contributed by atoms with Crippen LogP contribution in [0.4, 0.5) is 0 Å². The van der Waals surface area contributed by atoms with Gasteiger partial charge in [-0.25, -0.2) is 19.6 Å². The van der Waals surface area contributed by atoms with Crippen molar-refractivity contribution in [2.24, 2.45) is 0 Å². The van der Waals surface area contributed by atoms with Crippen molar-refractivity contribution in [2.45, 2.75) is 0 Å². The number of pyridine rings is 1. The van der Waals surface area contributed by atoms with E-state index in [1.165, 1.54) is 10.8 Å². The molecule has 0 radical (unpaired) electrons. The second-order valence-corrected chi connectivity index (χ2v) is 13.4. The van der Waals surface area contributed by atoms with Gasteiger partial charge in [0.1, 0.15) is 5.69 Å². The molecule has 6 heteroatoms. The smallest absolute Gasteiger partial charge is 0.164 e. The number of benzene rings is 7. The molecule has 0 spiro atoms. The van der Waals surface area contributed by atoms with Crippen LogP contribution in [0.3, 0.4) is 0 Å². The molecule has 6 nitrogen and oxygen atoms in total. The van der Waals surface area contributed by atoms with E-state index in [9.17, 15) is 0 Å². The van der Waals surface area contributed by atoms with Crippen molar-refractivity contribution < 1.29 is 0 Å². The van der Waals surface area contributed by atoms with Crippen LogP contribution < -0.4 is 0 Å². The molecule has 3 heterocycles. The Morgan fingerprint density at radius 3 is 1.45 bits per heavy atom. The normalized spacial score (nSPS) is 11.3. The summed E-state index contributed by atoms with van der Waals surface area (Å²) in [5, 5.41) is 8.72. The van der Waals surface area contributed by atoms with Gasteiger partial charge in [-0.1, -0.05) is 146 Å². The van der Waals surface area contributed by atoms with Crippen molar-refractivity contribution in [2.75, 3.05) is 0 Å². The van der Waals surface area contributed by atoms with Crippen LogP contribution in [0.15, 0.2) is 194 Å². The Balaban J connectivity index is 1.05. The van der Waals surface area contributed by atoms with Gasteiger partial charge in [-0.15, -0.1) is 0 Å². The maximum Gasteiger partial charge on any atom is 0.164 e. The predicted octanol–water partition coefficient (Wildman–Crippen LogP) is 11.8. The summed E-state index contributed by atoms with van der Waals surface area (Å²) in [5.74, 6) is 1.91. The van der Waals surface area contributed by atoms with Gasteiger partial charge in [0.05, 0.1) is 11.2 Å². The predicted molar refractivity (Wildman–Crippen MR) is 222 cm³/mol. The highest BCUT2D eigenvalue weighted by atomic mass is 15.3. The van der Waals surface area contributed by atoms with Crippen molar-refractivity contribution >= 4 is 21.7 Å². The first-order valence-corrected chi connectivity index (χ1v) is 18.2. The summed E-state index contributed by atoms with van der Waals surface area (Å²) in [6.07, 6.45) is 3.61. The molecule has 0 aliphatic carbocycles. The maximum absolute atomic E-state index is 5.24. The Kier molecular flexibility index (Phi) is 8.04.